The van der Waals surface area contributed by atoms with Gasteiger partial charge in [0, 0.05) is 41.7 Å². The van der Waals surface area contributed by atoms with E-state index >= 15 is 0 Å². The van der Waals surface area contributed by atoms with Gasteiger partial charge in [-0.25, -0.2) is 0 Å². The van der Waals surface area contributed by atoms with E-state index in [0.717, 1.165) is 0 Å². The number of carbonyl (C=O) groups is 4. The number of alkyl halides is 3. The Morgan fingerprint density at radius 3 is 2.23 bits per heavy atom. The number of halogens is 4. The zero-order chi connectivity index (χ0) is 31.7. The number of aromatic nitrogens is 1. The first-order valence-corrected chi connectivity index (χ1v) is 13.7. The zero-order valence-electron chi connectivity index (χ0n) is 23.7. The summed E-state index contributed by atoms with van der Waals surface area (Å²) >= 11 is 6.02. The van der Waals surface area contributed by atoms with Gasteiger partial charge in [-0.3, -0.25) is 24.2 Å². The minimum atomic E-state index is -5.13. The van der Waals surface area contributed by atoms with E-state index in [0.29, 0.717) is 16.3 Å². The molecule has 0 bridgehead atoms. The van der Waals surface area contributed by atoms with Crippen LogP contribution in [0.1, 0.15) is 47.8 Å². The molecule has 1 heterocycles. The van der Waals surface area contributed by atoms with Crippen molar-refractivity contribution in [3.8, 4) is 5.75 Å². The highest BCUT2D eigenvalue weighted by molar-refractivity contribution is 6.31. The number of hydrogen-bond donors (Lipinski definition) is 2. The van der Waals surface area contributed by atoms with E-state index in [9.17, 15) is 32.3 Å². The highest BCUT2D eigenvalue weighted by Gasteiger charge is 2.45. The summed E-state index contributed by atoms with van der Waals surface area (Å²) in [6.07, 6.45) is -2.87. The molecule has 0 unspecified atom stereocenters. The van der Waals surface area contributed by atoms with E-state index in [-0.39, 0.29) is 17.5 Å². The largest absolute Gasteiger partial charge is 0.497 e. The van der Waals surface area contributed by atoms with Crippen LogP contribution in [0.3, 0.4) is 0 Å². The Bertz CT molecular complexity index is 1430. The van der Waals surface area contributed by atoms with Crippen molar-refractivity contribution in [3.05, 3.63) is 94.8 Å². The lowest BCUT2D eigenvalue weighted by atomic mass is 9.84. The fourth-order valence-electron chi connectivity index (χ4n) is 4.40. The summed E-state index contributed by atoms with van der Waals surface area (Å²) in [5, 5.41) is 5.55. The average molecular weight is 618 g/mol. The van der Waals surface area contributed by atoms with Crippen LogP contribution in [-0.2, 0) is 20.8 Å². The molecule has 2 aromatic carbocycles. The normalized spacial score (nSPS) is 13.5. The molecule has 2 amide bonds. The van der Waals surface area contributed by atoms with Crippen molar-refractivity contribution in [2.75, 3.05) is 7.11 Å². The van der Waals surface area contributed by atoms with Gasteiger partial charge in [0.15, 0.2) is 5.78 Å². The molecule has 12 heteroatoms. The number of pyridine rings is 1. The molecular weight excluding hydrogens is 587 g/mol. The van der Waals surface area contributed by atoms with Gasteiger partial charge in [-0.1, -0.05) is 49.7 Å². The summed E-state index contributed by atoms with van der Waals surface area (Å²) < 4.78 is 45.1. The number of amides is 2. The van der Waals surface area contributed by atoms with Crippen molar-refractivity contribution in [2.45, 2.75) is 44.9 Å². The second-order valence-corrected chi connectivity index (χ2v) is 10.6. The SMILES string of the molecule is COc1ccc([C@H](NC(=O)[C@H](Cc2cccnc2)NC(=O)c2cccc(Cl)c2)C(=O)C[C@H](C(=O)C(F)(F)F)C(C)C)cc1. The predicted octanol–water partition coefficient (Wildman–Crippen LogP) is 5.31. The van der Waals surface area contributed by atoms with Crippen LogP contribution in [0.25, 0.3) is 0 Å². The van der Waals surface area contributed by atoms with Gasteiger partial charge >= 0.3 is 6.18 Å². The molecule has 0 fully saturated rings. The lowest BCUT2D eigenvalue weighted by Gasteiger charge is -2.26. The number of methoxy groups -OCH3 is 1. The molecule has 3 atom stereocenters. The lowest BCUT2D eigenvalue weighted by Crippen LogP contribution is -2.50. The van der Waals surface area contributed by atoms with Crippen molar-refractivity contribution >= 4 is 35.0 Å². The highest BCUT2D eigenvalue weighted by Crippen LogP contribution is 2.30. The summed E-state index contributed by atoms with van der Waals surface area (Å²) in [5.74, 6) is -6.24. The fourth-order valence-corrected chi connectivity index (χ4v) is 4.59. The molecule has 0 radical (unpaired) electrons. The van der Waals surface area contributed by atoms with Crippen LogP contribution in [0, 0.1) is 11.8 Å². The second-order valence-electron chi connectivity index (χ2n) is 10.2. The van der Waals surface area contributed by atoms with E-state index in [1.165, 1.54) is 69.7 Å². The van der Waals surface area contributed by atoms with Crippen LogP contribution < -0.4 is 15.4 Å². The number of ketones is 2. The maximum Gasteiger partial charge on any atom is 0.450 e. The van der Waals surface area contributed by atoms with Crippen molar-refractivity contribution in [2.24, 2.45) is 11.8 Å². The van der Waals surface area contributed by atoms with Crippen LogP contribution in [0.5, 0.6) is 5.75 Å². The molecule has 0 saturated carbocycles. The molecule has 43 heavy (non-hydrogen) atoms. The molecule has 228 valence electrons. The van der Waals surface area contributed by atoms with E-state index in [2.05, 4.69) is 15.6 Å². The highest BCUT2D eigenvalue weighted by atomic mass is 35.5. The molecule has 3 aromatic rings. The van der Waals surface area contributed by atoms with Crippen molar-refractivity contribution in [1.29, 1.82) is 0 Å². The minimum Gasteiger partial charge on any atom is -0.497 e. The number of Topliss-reactive ketones (excluding diaryl/α,β-unsaturated/α-hetero) is 2. The Morgan fingerprint density at radius 1 is 0.977 bits per heavy atom. The number of nitrogens with zero attached hydrogens (tertiary/aromatic N) is 1. The molecule has 0 aliphatic rings. The number of ether oxygens (including phenoxy) is 1. The van der Waals surface area contributed by atoms with Gasteiger partial charge in [0.25, 0.3) is 5.91 Å². The number of nitrogens with one attached hydrogen (secondary N) is 2. The monoisotopic (exact) mass is 617 g/mol. The minimum absolute atomic E-state index is 0.0172. The third-order valence-corrected chi connectivity index (χ3v) is 7.01. The van der Waals surface area contributed by atoms with Crippen molar-refractivity contribution in [1.82, 2.24) is 15.6 Å². The standard InChI is InChI=1S/C31H31ClF3N3O5/c1-18(2)24(28(40)31(33,34)35)16-26(39)27(20-9-11-23(43-3)12-10-20)38-30(42)25(14-19-6-5-13-36-17-19)37-29(41)21-7-4-8-22(32)15-21/h4-13,15,17-18,24-25,27H,14,16H2,1-3H3,(H,37,41)(H,38,42)/t24-,25-,27-/m0/s1. The van der Waals surface area contributed by atoms with Crippen molar-refractivity contribution in [3.63, 3.8) is 0 Å². The molecule has 1 aromatic heterocycles. The van der Waals surface area contributed by atoms with Gasteiger partial charge < -0.3 is 15.4 Å². The van der Waals surface area contributed by atoms with Crippen LogP contribution in [-0.4, -0.2) is 47.7 Å². The van der Waals surface area contributed by atoms with Crippen molar-refractivity contribution < 1.29 is 37.1 Å². The molecule has 0 saturated heterocycles. The number of rotatable bonds is 13. The Hall–Kier alpha value is -4.25. The van der Waals surface area contributed by atoms with Gasteiger partial charge in [-0.2, -0.15) is 13.2 Å². The first-order chi connectivity index (χ1) is 20.3. The summed E-state index contributed by atoms with van der Waals surface area (Å²) in [6, 6.07) is 12.8. The Labute approximate surface area is 252 Å². The number of benzene rings is 2. The molecule has 0 aliphatic heterocycles. The van der Waals surface area contributed by atoms with E-state index in [4.69, 9.17) is 16.3 Å². The van der Waals surface area contributed by atoms with Gasteiger partial charge in [0.2, 0.25) is 11.7 Å². The maximum absolute atomic E-state index is 13.7. The predicted molar refractivity (Wildman–Crippen MR) is 154 cm³/mol. The quantitative estimate of drug-likeness (QED) is 0.269. The van der Waals surface area contributed by atoms with Gasteiger partial charge in [0.05, 0.1) is 7.11 Å². The number of carbonyl (C=O) groups excluding carboxylic acids is 4. The third kappa shape index (κ3) is 9.37. The van der Waals surface area contributed by atoms with Crippen LogP contribution in [0.2, 0.25) is 5.02 Å². The molecule has 3 rings (SSSR count). The lowest BCUT2D eigenvalue weighted by molar-refractivity contribution is -0.177. The van der Waals surface area contributed by atoms with Gasteiger partial charge in [-0.15, -0.1) is 0 Å². The Balaban J connectivity index is 1.95. The molecule has 0 aliphatic carbocycles. The Morgan fingerprint density at radius 2 is 1.67 bits per heavy atom. The third-order valence-electron chi connectivity index (χ3n) is 6.77. The van der Waals surface area contributed by atoms with Gasteiger partial charge in [0.1, 0.15) is 17.8 Å². The van der Waals surface area contributed by atoms with Crippen LogP contribution >= 0.6 is 11.6 Å². The second kappa shape index (κ2) is 14.8. The van der Waals surface area contributed by atoms with Gasteiger partial charge in [-0.05, 0) is 53.4 Å². The maximum atomic E-state index is 13.7. The zero-order valence-corrected chi connectivity index (χ0v) is 24.4. The topological polar surface area (TPSA) is 114 Å². The average Bonchev–Trinajstić information content (AvgIpc) is 2.97. The van der Waals surface area contributed by atoms with E-state index < -0.39 is 59.9 Å². The summed E-state index contributed by atoms with van der Waals surface area (Å²) in [7, 11) is 1.43. The number of hydrogen-bond acceptors (Lipinski definition) is 6. The molecular formula is C31H31ClF3N3O5. The Kier molecular flexibility index (Phi) is 11.4. The van der Waals surface area contributed by atoms with Crippen LogP contribution in [0.4, 0.5) is 13.2 Å². The van der Waals surface area contributed by atoms with Crippen LogP contribution in [0.15, 0.2) is 73.1 Å². The summed E-state index contributed by atoms with van der Waals surface area (Å²) in [5.41, 5.74) is 1.03. The first-order valence-electron chi connectivity index (χ1n) is 13.3. The summed E-state index contributed by atoms with van der Waals surface area (Å²) in [4.78, 5) is 56.5. The molecule has 0 spiro atoms. The smallest absolute Gasteiger partial charge is 0.450 e. The van der Waals surface area contributed by atoms with E-state index in [1.54, 1.807) is 24.3 Å². The van der Waals surface area contributed by atoms with E-state index in [1.807, 2.05) is 0 Å². The summed E-state index contributed by atoms with van der Waals surface area (Å²) in [6.45, 7) is 2.83. The molecule has 8 nitrogen and oxygen atoms in total. The molecule has 2 N–H and O–H groups in total. The first kappa shape index (κ1) is 33.3. The fraction of sp³-hybridized carbons (Fsp3) is 0.323.